The van der Waals surface area contributed by atoms with Gasteiger partial charge in [-0.15, -0.1) is 0 Å². The number of hydrogen-bond donors (Lipinski definition) is 1. The maximum atomic E-state index is 12.7. The number of aliphatic hydroxyl groups excluding tert-OH is 1. The number of carbonyl (C=O) groups is 1. The number of rotatable bonds is 0. The number of piperidine rings is 1. The van der Waals surface area contributed by atoms with Gasteiger partial charge in [0.1, 0.15) is 5.72 Å². The fraction of sp³-hybridized carbons (Fsp3) is 0.897. The highest BCUT2D eigenvalue weighted by molar-refractivity contribution is 5.74. The maximum absolute atomic E-state index is 12.7. The third kappa shape index (κ3) is 2.92. The Balaban J connectivity index is 1.30. The van der Waals surface area contributed by atoms with Crippen LogP contribution in [0.3, 0.4) is 0 Å². The number of amides is 1. The summed E-state index contributed by atoms with van der Waals surface area (Å²) in [5, 5.41) is 10.3. The zero-order chi connectivity index (χ0) is 23.3. The van der Waals surface area contributed by atoms with E-state index in [-0.39, 0.29) is 17.7 Å². The van der Waals surface area contributed by atoms with Crippen LogP contribution in [0.15, 0.2) is 11.6 Å². The normalized spacial score (nSPS) is 55.5. The van der Waals surface area contributed by atoms with Gasteiger partial charge < -0.3 is 14.7 Å². The highest BCUT2D eigenvalue weighted by Crippen LogP contribution is 2.70. The molecule has 1 spiro atoms. The Labute approximate surface area is 200 Å². The SMILES string of the molecule is CC(=O)N1C[C@H](C)CC[C@]12O[C@H]1C[C@H]3[C@@H]4CC=C5C[C@@H](O)CC[C@]5(C)[C@@H]4CC[C@]3(C)[C@H]1[C@@H]2C. The first-order valence-corrected chi connectivity index (χ1v) is 13.9. The van der Waals surface area contributed by atoms with Crippen molar-refractivity contribution >= 4 is 5.91 Å². The second-order valence-corrected chi connectivity index (χ2v) is 13.5. The predicted octanol–water partition coefficient (Wildman–Crippen LogP) is 5.55. The molecule has 0 bridgehead atoms. The van der Waals surface area contributed by atoms with Gasteiger partial charge in [0.2, 0.25) is 5.91 Å². The van der Waals surface area contributed by atoms with Gasteiger partial charge in [-0.1, -0.05) is 39.3 Å². The molecular formula is C29H45NO3. The average molecular weight is 456 g/mol. The Hall–Kier alpha value is -0.870. The lowest BCUT2D eigenvalue weighted by atomic mass is 9.47. The summed E-state index contributed by atoms with van der Waals surface area (Å²) in [5.74, 6) is 3.95. The molecule has 6 rings (SSSR count). The van der Waals surface area contributed by atoms with Gasteiger partial charge in [0.25, 0.3) is 0 Å². The highest BCUT2D eigenvalue weighted by atomic mass is 16.5. The number of hydrogen-bond acceptors (Lipinski definition) is 3. The van der Waals surface area contributed by atoms with Crippen molar-refractivity contribution in [2.75, 3.05) is 6.54 Å². The third-order valence-corrected chi connectivity index (χ3v) is 12.1. The molecule has 11 atom stereocenters. The zero-order valence-electron chi connectivity index (χ0n) is 21.5. The average Bonchev–Trinajstić information content (AvgIpc) is 3.21. The first-order chi connectivity index (χ1) is 15.6. The molecule has 2 heterocycles. The van der Waals surface area contributed by atoms with E-state index in [0.29, 0.717) is 34.7 Å². The summed E-state index contributed by atoms with van der Waals surface area (Å²) in [6, 6.07) is 0. The summed E-state index contributed by atoms with van der Waals surface area (Å²) < 4.78 is 7.09. The molecule has 3 saturated carbocycles. The van der Waals surface area contributed by atoms with Crippen LogP contribution < -0.4 is 0 Å². The van der Waals surface area contributed by atoms with Crippen LogP contribution in [0.5, 0.6) is 0 Å². The van der Waals surface area contributed by atoms with Crippen molar-refractivity contribution in [1.82, 2.24) is 4.90 Å². The molecule has 0 aromatic rings. The second kappa shape index (κ2) is 7.32. The van der Waals surface area contributed by atoms with Crippen molar-refractivity contribution in [2.24, 2.45) is 46.3 Å². The van der Waals surface area contributed by atoms with Gasteiger partial charge >= 0.3 is 0 Å². The molecular weight excluding hydrogens is 410 g/mol. The van der Waals surface area contributed by atoms with Crippen molar-refractivity contribution in [3.05, 3.63) is 11.6 Å². The Morgan fingerprint density at radius 2 is 1.91 bits per heavy atom. The maximum Gasteiger partial charge on any atom is 0.221 e. The molecule has 1 N–H and O–H groups in total. The second-order valence-electron chi connectivity index (χ2n) is 13.5. The first-order valence-electron chi connectivity index (χ1n) is 13.9. The third-order valence-electron chi connectivity index (χ3n) is 12.1. The van der Waals surface area contributed by atoms with Crippen LogP contribution in [0.4, 0.5) is 0 Å². The minimum Gasteiger partial charge on any atom is -0.393 e. The Morgan fingerprint density at radius 3 is 2.67 bits per heavy atom. The van der Waals surface area contributed by atoms with Crippen LogP contribution in [0.25, 0.3) is 0 Å². The van der Waals surface area contributed by atoms with E-state index < -0.39 is 0 Å². The lowest BCUT2D eigenvalue weighted by molar-refractivity contribution is -0.200. The minimum atomic E-state index is -0.371. The number of aliphatic hydroxyl groups is 1. The summed E-state index contributed by atoms with van der Waals surface area (Å²) in [6.07, 6.45) is 12.9. The van der Waals surface area contributed by atoms with Gasteiger partial charge in [0, 0.05) is 19.4 Å². The molecule has 5 fully saturated rings. The van der Waals surface area contributed by atoms with Crippen molar-refractivity contribution in [2.45, 2.75) is 110 Å². The van der Waals surface area contributed by atoms with E-state index in [1.807, 2.05) is 0 Å². The summed E-state index contributed by atoms with van der Waals surface area (Å²) in [7, 11) is 0. The lowest BCUT2D eigenvalue weighted by Crippen LogP contribution is -2.60. The number of allylic oxidation sites excluding steroid dienone is 1. The molecule has 1 amide bonds. The van der Waals surface area contributed by atoms with Crippen molar-refractivity contribution in [3.8, 4) is 0 Å². The smallest absolute Gasteiger partial charge is 0.221 e. The zero-order valence-corrected chi connectivity index (χ0v) is 21.5. The largest absolute Gasteiger partial charge is 0.393 e. The molecule has 0 aromatic carbocycles. The molecule has 0 unspecified atom stereocenters. The number of fused-ring (bicyclic) bond motifs is 7. The van der Waals surface area contributed by atoms with Gasteiger partial charge in [-0.05, 0) is 98.2 Å². The van der Waals surface area contributed by atoms with Crippen LogP contribution >= 0.6 is 0 Å². The van der Waals surface area contributed by atoms with Crippen molar-refractivity contribution in [3.63, 3.8) is 0 Å². The number of likely N-dealkylation sites (tertiary alicyclic amines) is 1. The first kappa shape index (κ1) is 22.6. The van der Waals surface area contributed by atoms with Gasteiger partial charge in [-0.25, -0.2) is 0 Å². The van der Waals surface area contributed by atoms with Crippen molar-refractivity contribution in [1.29, 1.82) is 0 Å². The van der Waals surface area contributed by atoms with Gasteiger partial charge in [0.15, 0.2) is 0 Å². The summed E-state index contributed by atoms with van der Waals surface area (Å²) in [6.45, 7) is 12.4. The molecule has 33 heavy (non-hydrogen) atoms. The summed E-state index contributed by atoms with van der Waals surface area (Å²) in [4.78, 5) is 14.9. The fourth-order valence-electron chi connectivity index (χ4n) is 10.5. The van der Waals surface area contributed by atoms with Crippen LogP contribution in [-0.2, 0) is 9.53 Å². The molecule has 6 aliphatic rings. The Kier molecular flexibility index (Phi) is 5.01. The standard InChI is InChI=1S/C29H45NO3/c1-17-8-13-29(30(16-17)19(3)31)18(2)26-25(33-29)15-24-22-7-6-20-14-21(32)9-11-27(20,4)23(22)10-12-28(24,26)5/h6,17-18,21-26,32H,7-16H2,1-5H3/t17-,18+,21+,22-,23-,24+,25+,26+,27+,28+,29-/m1/s1. The van der Waals surface area contributed by atoms with Crippen LogP contribution in [0, 0.1) is 46.3 Å². The van der Waals surface area contributed by atoms with E-state index in [1.54, 1.807) is 12.5 Å². The van der Waals surface area contributed by atoms with Crippen LogP contribution in [-0.4, -0.2) is 40.4 Å². The molecule has 2 aliphatic heterocycles. The molecule has 0 aromatic heterocycles. The Morgan fingerprint density at radius 1 is 1.12 bits per heavy atom. The number of carbonyl (C=O) groups excluding carboxylic acids is 1. The monoisotopic (exact) mass is 455 g/mol. The van der Waals surface area contributed by atoms with Gasteiger partial charge in [-0.2, -0.15) is 0 Å². The molecule has 0 radical (unpaired) electrons. The summed E-state index contributed by atoms with van der Waals surface area (Å²) in [5.41, 5.74) is 1.79. The van der Waals surface area contributed by atoms with Crippen LogP contribution in [0.2, 0.25) is 0 Å². The molecule has 4 nitrogen and oxygen atoms in total. The van der Waals surface area contributed by atoms with Gasteiger partial charge in [-0.3, -0.25) is 4.79 Å². The molecule has 4 heteroatoms. The topological polar surface area (TPSA) is 49.8 Å². The Bertz CT molecular complexity index is 869. The van der Waals surface area contributed by atoms with E-state index in [1.165, 1.54) is 25.7 Å². The minimum absolute atomic E-state index is 0.131. The fourth-order valence-corrected chi connectivity index (χ4v) is 10.5. The number of ether oxygens (including phenoxy) is 1. The van der Waals surface area contributed by atoms with E-state index in [0.717, 1.165) is 56.4 Å². The van der Waals surface area contributed by atoms with Crippen molar-refractivity contribution < 1.29 is 14.6 Å². The predicted molar refractivity (Wildman–Crippen MR) is 129 cm³/mol. The molecule has 4 aliphatic carbocycles. The van der Waals surface area contributed by atoms with E-state index in [4.69, 9.17) is 4.74 Å². The van der Waals surface area contributed by atoms with Crippen LogP contribution in [0.1, 0.15) is 92.4 Å². The molecule has 184 valence electrons. The van der Waals surface area contributed by atoms with E-state index >= 15 is 0 Å². The van der Waals surface area contributed by atoms with Gasteiger partial charge in [0.05, 0.1) is 12.2 Å². The highest BCUT2D eigenvalue weighted by Gasteiger charge is 2.69. The number of nitrogens with zero attached hydrogens (tertiary/aromatic N) is 1. The van der Waals surface area contributed by atoms with E-state index in [2.05, 4.69) is 38.7 Å². The van der Waals surface area contributed by atoms with E-state index in [9.17, 15) is 9.90 Å². The molecule has 2 saturated heterocycles. The lowest BCUT2D eigenvalue weighted by Gasteiger charge is -2.59. The summed E-state index contributed by atoms with van der Waals surface area (Å²) >= 11 is 0. The quantitative estimate of drug-likeness (QED) is 0.488.